The molecule has 0 saturated heterocycles. The molecule has 130 valence electrons. The summed E-state index contributed by atoms with van der Waals surface area (Å²) in [6, 6.07) is 14.9. The van der Waals surface area contributed by atoms with Gasteiger partial charge >= 0.3 is 0 Å². The first-order chi connectivity index (χ1) is 12.7. The maximum Gasteiger partial charge on any atom is 0.245 e. The van der Waals surface area contributed by atoms with Crippen molar-refractivity contribution in [2.45, 2.75) is 6.54 Å². The lowest BCUT2D eigenvalue weighted by molar-refractivity contribution is 0.314. The Morgan fingerprint density at radius 2 is 1.54 bits per heavy atom. The second-order valence-electron chi connectivity index (χ2n) is 5.45. The summed E-state index contributed by atoms with van der Waals surface area (Å²) in [6.45, 7) is 0.510. The Labute approximate surface area is 158 Å². The Bertz CT molecular complexity index is 1070. The van der Waals surface area contributed by atoms with Crippen molar-refractivity contribution < 1.29 is 4.63 Å². The smallest absolute Gasteiger partial charge is 0.245 e. The molecule has 0 bridgehead atoms. The normalized spacial score (nSPS) is 10.8. The molecule has 0 atom stereocenters. The van der Waals surface area contributed by atoms with Gasteiger partial charge in [-0.05, 0) is 46.2 Å². The highest BCUT2D eigenvalue weighted by atomic mass is 35.5. The second kappa shape index (κ2) is 7.15. The molecule has 0 radical (unpaired) electrons. The molecule has 0 spiro atoms. The van der Waals surface area contributed by atoms with E-state index < -0.39 is 0 Å². The molecule has 2 N–H and O–H groups in total. The monoisotopic (exact) mass is 386 g/mol. The third-order valence-electron chi connectivity index (χ3n) is 3.55. The minimum Gasteiger partial charge on any atom is -0.363 e. The van der Waals surface area contributed by atoms with Crippen molar-refractivity contribution in [2.24, 2.45) is 0 Å². The van der Waals surface area contributed by atoms with E-state index in [0.717, 1.165) is 11.3 Å². The minimum atomic E-state index is 0.308. The van der Waals surface area contributed by atoms with E-state index in [0.29, 0.717) is 39.5 Å². The van der Waals surface area contributed by atoms with Crippen molar-refractivity contribution in [3.05, 3.63) is 64.1 Å². The number of fused-ring (bicyclic) bond motifs is 1. The van der Waals surface area contributed by atoms with Crippen LogP contribution >= 0.6 is 23.2 Å². The number of halogens is 2. The fraction of sp³-hybridized carbons (Fsp3) is 0.0588. The Morgan fingerprint density at radius 3 is 2.27 bits per heavy atom. The molecule has 0 aliphatic heterocycles. The van der Waals surface area contributed by atoms with Gasteiger partial charge in [0.15, 0.2) is 11.6 Å². The molecule has 7 nitrogen and oxygen atoms in total. The first kappa shape index (κ1) is 16.6. The molecule has 0 saturated carbocycles. The van der Waals surface area contributed by atoms with Gasteiger partial charge in [-0.15, -0.1) is 0 Å². The van der Waals surface area contributed by atoms with Crippen molar-refractivity contribution in [1.82, 2.24) is 20.3 Å². The topological polar surface area (TPSA) is 88.8 Å². The lowest BCUT2D eigenvalue weighted by Gasteiger charge is -2.12. The minimum absolute atomic E-state index is 0.308. The lowest BCUT2D eigenvalue weighted by Crippen LogP contribution is -2.07. The van der Waals surface area contributed by atoms with Crippen LogP contribution in [-0.4, -0.2) is 20.3 Å². The molecule has 2 aromatic carbocycles. The van der Waals surface area contributed by atoms with E-state index in [1.807, 2.05) is 36.4 Å². The first-order valence-corrected chi connectivity index (χ1v) is 8.44. The van der Waals surface area contributed by atoms with Crippen LogP contribution in [0.25, 0.3) is 11.3 Å². The van der Waals surface area contributed by atoms with E-state index in [9.17, 15) is 0 Å². The Balaban J connectivity index is 1.65. The molecule has 26 heavy (non-hydrogen) atoms. The molecule has 4 aromatic rings. The van der Waals surface area contributed by atoms with Crippen LogP contribution in [0.3, 0.4) is 0 Å². The predicted molar refractivity (Wildman–Crippen MR) is 101 cm³/mol. The molecular weight excluding hydrogens is 375 g/mol. The van der Waals surface area contributed by atoms with Crippen molar-refractivity contribution in [3.8, 4) is 0 Å². The summed E-state index contributed by atoms with van der Waals surface area (Å²) in [7, 11) is 0. The van der Waals surface area contributed by atoms with Gasteiger partial charge in [0.1, 0.15) is 0 Å². The summed E-state index contributed by atoms with van der Waals surface area (Å²) in [6.07, 6.45) is 0. The van der Waals surface area contributed by atoms with E-state index in [1.165, 1.54) is 0 Å². The summed E-state index contributed by atoms with van der Waals surface area (Å²) < 4.78 is 4.70. The zero-order valence-electron chi connectivity index (χ0n) is 13.3. The van der Waals surface area contributed by atoms with Gasteiger partial charge in [0.25, 0.3) is 0 Å². The number of aromatic nitrogens is 4. The van der Waals surface area contributed by atoms with Gasteiger partial charge in [0.05, 0.1) is 0 Å². The molecule has 2 aromatic heterocycles. The third kappa shape index (κ3) is 3.68. The molecule has 0 aliphatic carbocycles. The van der Waals surface area contributed by atoms with E-state index in [-0.39, 0.29) is 0 Å². The van der Waals surface area contributed by atoms with E-state index >= 15 is 0 Å². The van der Waals surface area contributed by atoms with Crippen LogP contribution in [0, 0.1) is 0 Å². The Hall–Kier alpha value is -2.90. The van der Waals surface area contributed by atoms with Gasteiger partial charge < -0.3 is 10.6 Å². The van der Waals surface area contributed by atoms with Gasteiger partial charge in [0.2, 0.25) is 11.3 Å². The Morgan fingerprint density at radius 1 is 0.846 bits per heavy atom. The zero-order valence-corrected chi connectivity index (χ0v) is 14.8. The van der Waals surface area contributed by atoms with Gasteiger partial charge in [-0.2, -0.15) is 0 Å². The predicted octanol–water partition coefficient (Wildman–Crippen LogP) is 4.68. The van der Waals surface area contributed by atoms with Crippen LogP contribution in [0.2, 0.25) is 10.0 Å². The van der Waals surface area contributed by atoms with Crippen LogP contribution < -0.4 is 10.6 Å². The standard InChI is InChI=1S/C17H12Cl2N6O/c18-11-4-1-3-10(7-11)9-20-14-15(21-13-6-2-5-12(19)8-13)23-17-16(22-14)24-26-25-17/h1-8H,9H2,(H,20,22,24)(H,21,23,25). The maximum atomic E-state index is 6.04. The summed E-state index contributed by atoms with van der Waals surface area (Å²) >= 11 is 12.1. The van der Waals surface area contributed by atoms with E-state index in [1.54, 1.807) is 12.1 Å². The quantitative estimate of drug-likeness (QED) is 0.514. The Kier molecular flexibility index (Phi) is 4.55. The molecule has 0 amide bonds. The summed E-state index contributed by atoms with van der Waals surface area (Å²) in [5.74, 6) is 0.991. The van der Waals surface area contributed by atoms with Gasteiger partial charge in [0, 0.05) is 22.3 Å². The van der Waals surface area contributed by atoms with Crippen LogP contribution in [-0.2, 0) is 6.54 Å². The third-order valence-corrected chi connectivity index (χ3v) is 4.02. The largest absolute Gasteiger partial charge is 0.363 e. The highest BCUT2D eigenvalue weighted by Crippen LogP contribution is 2.25. The van der Waals surface area contributed by atoms with E-state index in [4.69, 9.17) is 27.8 Å². The van der Waals surface area contributed by atoms with Crippen LogP contribution in [0.4, 0.5) is 17.3 Å². The number of rotatable bonds is 5. The van der Waals surface area contributed by atoms with E-state index in [2.05, 4.69) is 30.9 Å². The molecule has 4 rings (SSSR count). The summed E-state index contributed by atoms with van der Waals surface area (Å²) in [5, 5.41) is 15.2. The number of hydrogen-bond donors (Lipinski definition) is 2. The summed E-state index contributed by atoms with van der Waals surface area (Å²) in [5.41, 5.74) is 2.40. The van der Waals surface area contributed by atoms with Crippen molar-refractivity contribution >= 4 is 51.8 Å². The molecule has 0 aliphatic rings. The SMILES string of the molecule is Clc1cccc(CNc2nc3nonc3nc2Nc2cccc(Cl)c2)c1. The number of benzene rings is 2. The summed E-state index contributed by atoms with van der Waals surface area (Å²) in [4.78, 5) is 8.84. The fourth-order valence-electron chi connectivity index (χ4n) is 2.38. The van der Waals surface area contributed by atoms with Gasteiger partial charge in [-0.25, -0.2) is 14.6 Å². The highest BCUT2D eigenvalue weighted by Gasteiger charge is 2.13. The lowest BCUT2D eigenvalue weighted by atomic mass is 10.2. The molecular formula is C17H12Cl2N6O. The van der Waals surface area contributed by atoms with Crippen molar-refractivity contribution in [1.29, 1.82) is 0 Å². The molecule has 9 heteroatoms. The number of hydrogen-bond acceptors (Lipinski definition) is 7. The van der Waals surface area contributed by atoms with Crippen LogP contribution in [0.1, 0.15) is 5.56 Å². The average molecular weight is 387 g/mol. The maximum absolute atomic E-state index is 6.04. The van der Waals surface area contributed by atoms with Gasteiger partial charge in [-0.3, -0.25) is 0 Å². The van der Waals surface area contributed by atoms with Crippen molar-refractivity contribution in [2.75, 3.05) is 10.6 Å². The van der Waals surface area contributed by atoms with Crippen LogP contribution in [0.15, 0.2) is 53.2 Å². The number of nitrogens with one attached hydrogen (secondary N) is 2. The number of nitrogens with zero attached hydrogens (tertiary/aromatic N) is 4. The average Bonchev–Trinajstić information content (AvgIpc) is 3.07. The molecule has 2 heterocycles. The zero-order chi connectivity index (χ0) is 17.9. The molecule has 0 unspecified atom stereocenters. The van der Waals surface area contributed by atoms with Crippen LogP contribution in [0.5, 0.6) is 0 Å². The fourth-order valence-corrected chi connectivity index (χ4v) is 2.79. The second-order valence-corrected chi connectivity index (χ2v) is 6.32. The highest BCUT2D eigenvalue weighted by molar-refractivity contribution is 6.31. The first-order valence-electron chi connectivity index (χ1n) is 7.68. The van der Waals surface area contributed by atoms with Crippen molar-refractivity contribution in [3.63, 3.8) is 0 Å². The molecule has 0 fully saturated rings. The number of anilines is 3. The van der Waals surface area contributed by atoms with Gasteiger partial charge in [-0.1, -0.05) is 41.4 Å².